The summed E-state index contributed by atoms with van der Waals surface area (Å²) in [7, 11) is 4.13. The van der Waals surface area contributed by atoms with Crippen molar-refractivity contribution in [2.45, 2.75) is 32.4 Å². The van der Waals surface area contributed by atoms with Crippen LogP contribution < -0.4 is 10.9 Å². The number of hydrogen-bond donors (Lipinski definition) is 1. The number of likely N-dealkylation sites (tertiary alicyclic amines) is 1. The van der Waals surface area contributed by atoms with E-state index in [1.165, 1.54) is 10.3 Å². The van der Waals surface area contributed by atoms with Crippen LogP contribution in [0.3, 0.4) is 0 Å². The van der Waals surface area contributed by atoms with Crippen molar-refractivity contribution in [2.24, 2.45) is 13.0 Å². The predicted octanol–water partition coefficient (Wildman–Crippen LogP) is 1.09. The van der Waals surface area contributed by atoms with Crippen molar-refractivity contribution < 1.29 is 4.79 Å². The van der Waals surface area contributed by atoms with Gasteiger partial charge in [-0.1, -0.05) is 6.07 Å². The molecule has 7 heteroatoms. The molecule has 1 aliphatic rings. The van der Waals surface area contributed by atoms with Crippen LogP contribution in [0.2, 0.25) is 0 Å². The number of rotatable bonds is 5. The fraction of sp³-hybridized carbons (Fsp3) is 0.526. The second-order valence-electron chi connectivity index (χ2n) is 7.19. The van der Waals surface area contributed by atoms with E-state index in [0.29, 0.717) is 18.0 Å². The number of imidazole rings is 1. The molecule has 0 unspecified atom stereocenters. The molecule has 2 atom stereocenters. The topological polar surface area (TPSA) is 72.2 Å². The molecule has 0 spiro atoms. The van der Waals surface area contributed by atoms with Crippen LogP contribution in [0.4, 0.5) is 0 Å². The van der Waals surface area contributed by atoms with Crippen LogP contribution in [-0.2, 0) is 18.4 Å². The number of hydrogen-bond acceptors (Lipinski definition) is 4. The molecule has 0 bridgehead atoms. The summed E-state index contributed by atoms with van der Waals surface area (Å²) in [6.07, 6.45) is 7.56. The molecule has 0 radical (unpaired) electrons. The largest absolute Gasteiger partial charge is 0.354 e. The molecule has 1 fully saturated rings. The SMILES string of the molecule is Cc1cccn(CC(=O)NC[C@@H]2CCCN(C)[C@H]2c2cncn2C)c1=O. The molecule has 7 nitrogen and oxygen atoms in total. The van der Waals surface area contributed by atoms with Gasteiger partial charge in [0.1, 0.15) is 6.54 Å². The van der Waals surface area contributed by atoms with Crippen LogP contribution in [0.5, 0.6) is 0 Å². The fourth-order valence-corrected chi connectivity index (χ4v) is 3.83. The molecule has 1 aliphatic heterocycles. The van der Waals surface area contributed by atoms with Crippen LogP contribution in [0, 0.1) is 12.8 Å². The summed E-state index contributed by atoms with van der Waals surface area (Å²) < 4.78 is 3.50. The highest BCUT2D eigenvalue weighted by Gasteiger charge is 2.32. The minimum Gasteiger partial charge on any atom is -0.354 e. The zero-order chi connectivity index (χ0) is 18.7. The fourth-order valence-electron chi connectivity index (χ4n) is 3.83. The van der Waals surface area contributed by atoms with Crippen LogP contribution in [0.1, 0.15) is 30.1 Å². The van der Waals surface area contributed by atoms with E-state index >= 15 is 0 Å². The highest BCUT2D eigenvalue weighted by Crippen LogP contribution is 2.34. The third-order valence-electron chi connectivity index (χ3n) is 5.25. The summed E-state index contributed by atoms with van der Waals surface area (Å²) in [5.41, 5.74) is 1.69. The predicted molar refractivity (Wildman–Crippen MR) is 99.8 cm³/mol. The first-order valence-electron chi connectivity index (χ1n) is 9.06. The molecular weight excluding hydrogens is 330 g/mol. The van der Waals surface area contributed by atoms with E-state index in [2.05, 4.69) is 22.2 Å². The van der Waals surface area contributed by atoms with Gasteiger partial charge in [0, 0.05) is 31.5 Å². The molecule has 2 aromatic rings. The van der Waals surface area contributed by atoms with Crippen molar-refractivity contribution in [3.8, 4) is 0 Å². The standard InChI is InChI=1S/C19H27N5O2/c1-14-6-4-9-24(19(14)26)12-17(25)21-10-15-7-5-8-22(2)18(15)16-11-20-13-23(16)3/h4,6,9,11,13,15,18H,5,7-8,10,12H2,1-3H3,(H,21,25)/t15-,18+/m0/s1. The van der Waals surface area contributed by atoms with E-state index in [9.17, 15) is 9.59 Å². The van der Waals surface area contributed by atoms with Crippen LogP contribution in [-0.4, -0.2) is 45.1 Å². The van der Waals surface area contributed by atoms with E-state index in [1.807, 2.05) is 24.1 Å². The number of piperidine rings is 1. The maximum Gasteiger partial charge on any atom is 0.253 e. The molecule has 2 aromatic heterocycles. The lowest BCUT2D eigenvalue weighted by molar-refractivity contribution is -0.122. The van der Waals surface area contributed by atoms with Crippen LogP contribution in [0.15, 0.2) is 35.6 Å². The van der Waals surface area contributed by atoms with Crippen molar-refractivity contribution in [1.29, 1.82) is 0 Å². The molecular formula is C19H27N5O2. The molecule has 26 heavy (non-hydrogen) atoms. The summed E-state index contributed by atoms with van der Waals surface area (Å²) in [5, 5.41) is 3.02. The molecule has 1 amide bonds. The van der Waals surface area contributed by atoms with Gasteiger partial charge < -0.3 is 14.5 Å². The van der Waals surface area contributed by atoms with Crippen molar-refractivity contribution >= 4 is 5.91 Å². The van der Waals surface area contributed by atoms with Crippen LogP contribution >= 0.6 is 0 Å². The molecule has 3 heterocycles. The summed E-state index contributed by atoms with van der Waals surface area (Å²) in [4.78, 5) is 31.0. The molecule has 0 aliphatic carbocycles. The Balaban J connectivity index is 1.65. The van der Waals surface area contributed by atoms with Crippen LogP contribution in [0.25, 0.3) is 0 Å². The maximum absolute atomic E-state index is 12.4. The van der Waals surface area contributed by atoms with Crippen molar-refractivity contribution in [3.05, 3.63) is 52.5 Å². The number of carbonyl (C=O) groups excluding carboxylic acids is 1. The maximum atomic E-state index is 12.4. The monoisotopic (exact) mass is 357 g/mol. The highest BCUT2D eigenvalue weighted by atomic mass is 16.2. The third kappa shape index (κ3) is 3.88. The Bertz CT molecular complexity index is 825. The smallest absolute Gasteiger partial charge is 0.253 e. The van der Waals surface area contributed by atoms with E-state index in [1.54, 1.807) is 25.3 Å². The Hall–Kier alpha value is -2.41. The second kappa shape index (κ2) is 7.86. The number of carbonyl (C=O) groups is 1. The summed E-state index contributed by atoms with van der Waals surface area (Å²) in [6.45, 7) is 3.45. The lowest BCUT2D eigenvalue weighted by atomic mass is 9.87. The van der Waals surface area contributed by atoms with Gasteiger partial charge in [-0.25, -0.2) is 4.98 Å². The quantitative estimate of drug-likeness (QED) is 0.869. The average molecular weight is 357 g/mol. The molecule has 0 saturated carbocycles. The lowest BCUT2D eigenvalue weighted by Gasteiger charge is -2.39. The number of pyridine rings is 1. The number of aromatic nitrogens is 3. The average Bonchev–Trinajstić information content (AvgIpc) is 3.03. The van der Waals surface area contributed by atoms with Gasteiger partial charge in [0.25, 0.3) is 5.56 Å². The second-order valence-corrected chi connectivity index (χ2v) is 7.19. The first kappa shape index (κ1) is 18.4. The molecule has 140 valence electrons. The number of amides is 1. The minimum absolute atomic E-state index is 0.0550. The normalized spacial score (nSPS) is 20.9. The molecule has 0 aromatic carbocycles. The van der Waals surface area contributed by atoms with Crippen molar-refractivity contribution in [1.82, 2.24) is 24.3 Å². The number of aryl methyl sites for hydroxylation is 2. The van der Waals surface area contributed by atoms with Crippen molar-refractivity contribution in [2.75, 3.05) is 20.1 Å². The third-order valence-corrected chi connectivity index (χ3v) is 5.25. The van der Waals surface area contributed by atoms with Gasteiger partial charge in [-0.2, -0.15) is 0 Å². The van der Waals surface area contributed by atoms with Crippen molar-refractivity contribution in [3.63, 3.8) is 0 Å². The molecule has 1 saturated heterocycles. The summed E-state index contributed by atoms with van der Waals surface area (Å²) in [5.74, 6) is 0.192. The highest BCUT2D eigenvalue weighted by molar-refractivity contribution is 5.75. The molecule has 1 N–H and O–H groups in total. The van der Waals surface area contributed by atoms with E-state index in [0.717, 1.165) is 19.4 Å². The first-order valence-corrected chi connectivity index (χ1v) is 9.06. The Morgan fingerprint density at radius 2 is 2.19 bits per heavy atom. The Morgan fingerprint density at radius 3 is 2.92 bits per heavy atom. The Kier molecular flexibility index (Phi) is 5.56. The van der Waals surface area contributed by atoms with Gasteiger partial charge in [-0.05, 0) is 45.3 Å². The van der Waals surface area contributed by atoms with E-state index in [-0.39, 0.29) is 24.1 Å². The summed E-state index contributed by atoms with van der Waals surface area (Å²) in [6, 6.07) is 3.78. The van der Waals surface area contributed by atoms with E-state index in [4.69, 9.17) is 0 Å². The summed E-state index contributed by atoms with van der Waals surface area (Å²) >= 11 is 0. The zero-order valence-corrected chi connectivity index (χ0v) is 15.7. The van der Waals surface area contributed by atoms with E-state index < -0.39 is 0 Å². The van der Waals surface area contributed by atoms with Gasteiger partial charge >= 0.3 is 0 Å². The van der Waals surface area contributed by atoms with Gasteiger partial charge in [0.2, 0.25) is 5.91 Å². The van der Waals surface area contributed by atoms with Gasteiger partial charge in [-0.3, -0.25) is 14.5 Å². The molecule has 3 rings (SSSR count). The van der Waals surface area contributed by atoms with Gasteiger partial charge in [0.15, 0.2) is 0 Å². The number of nitrogens with one attached hydrogen (secondary N) is 1. The lowest BCUT2D eigenvalue weighted by Crippen LogP contribution is -2.43. The Morgan fingerprint density at radius 1 is 1.38 bits per heavy atom. The van der Waals surface area contributed by atoms with Gasteiger partial charge in [0.05, 0.1) is 18.1 Å². The Labute approximate surface area is 153 Å². The minimum atomic E-state index is -0.130. The number of nitrogens with zero attached hydrogens (tertiary/aromatic N) is 4. The first-order chi connectivity index (χ1) is 12.5. The van der Waals surface area contributed by atoms with Gasteiger partial charge in [-0.15, -0.1) is 0 Å². The zero-order valence-electron chi connectivity index (χ0n) is 15.7.